The van der Waals surface area contributed by atoms with Crippen molar-refractivity contribution in [1.82, 2.24) is 0 Å². The molecule has 2 fully saturated rings. The number of aliphatic hydroxyl groups is 1. The predicted octanol–water partition coefficient (Wildman–Crippen LogP) is 2.26. The van der Waals surface area contributed by atoms with Crippen LogP contribution in [0.5, 0.6) is 0 Å². The average molecular weight is 366 g/mol. The van der Waals surface area contributed by atoms with E-state index in [1.807, 2.05) is 0 Å². The van der Waals surface area contributed by atoms with Crippen molar-refractivity contribution in [2.75, 3.05) is 12.4 Å². The Morgan fingerprint density at radius 2 is 2.12 bits per heavy atom. The van der Waals surface area contributed by atoms with E-state index in [0.29, 0.717) is 18.3 Å². The Morgan fingerprint density at radius 3 is 2.79 bits per heavy atom. The highest BCUT2D eigenvalue weighted by atomic mass is 32.2. The quantitative estimate of drug-likeness (QED) is 0.505. The second kappa shape index (κ2) is 8.10. The van der Waals surface area contributed by atoms with Crippen molar-refractivity contribution in [3.63, 3.8) is 0 Å². The zero-order valence-corrected chi connectivity index (χ0v) is 14.6. The summed E-state index contributed by atoms with van der Waals surface area (Å²) in [6, 6.07) is 0. The van der Waals surface area contributed by atoms with Gasteiger partial charge in [0.05, 0.1) is 12.2 Å². The number of hydrogen-bond donors (Lipinski definition) is 2. The number of esters is 1. The monoisotopic (exact) mass is 366 g/mol. The Kier molecular flexibility index (Phi) is 6.61. The molecule has 0 amide bonds. The van der Waals surface area contributed by atoms with Gasteiger partial charge in [-0.3, -0.25) is 9.35 Å². The van der Waals surface area contributed by atoms with Crippen molar-refractivity contribution in [2.45, 2.75) is 69.6 Å². The highest BCUT2D eigenvalue weighted by Crippen LogP contribution is 2.46. The molecule has 6 nitrogen and oxygen atoms in total. The van der Waals surface area contributed by atoms with E-state index in [2.05, 4.69) is 0 Å². The molecule has 24 heavy (non-hydrogen) atoms. The summed E-state index contributed by atoms with van der Waals surface area (Å²) in [6.07, 6.45) is 4.59. The van der Waals surface area contributed by atoms with E-state index in [4.69, 9.17) is 9.29 Å². The first-order valence-corrected chi connectivity index (χ1v) is 10.2. The van der Waals surface area contributed by atoms with Crippen molar-refractivity contribution in [1.29, 1.82) is 0 Å². The van der Waals surface area contributed by atoms with Crippen molar-refractivity contribution < 1.29 is 32.0 Å². The van der Waals surface area contributed by atoms with Gasteiger partial charge in [-0.1, -0.05) is 12.8 Å². The molecule has 2 aliphatic carbocycles. The number of hydrogen-bond acceptors (Lipinski definition) is 5. The van der Waals surface area contributed by atoms with Gasteiger partial charge in [-0.2, -0.15) is 8.42 Å². The molecule has 4 unspecified atom stereocenters. The maximum absolute atomic E-state index is 13.2. The van der Waals surface area contributed by atoms with Gasteiger partial charge in [0, 0.05) is 12.8 Å². The molecule has 2 rings (SSSR count). The third-order valence-electron chi connectivity index (χ3n) is 5.10. The van der Waals surface area contributed by atoms with E-state index in [-0.39, 0.29) is 19.4 Å². The zero-order valence-electron chi connectivity index (χ0n) is 13.8. The van der Waals surface area contributed by atoms with Gasteiger partial charge < -0.3 is 9.84 Å². The summed E-state index contributed by atoms with van der Waals surface area (Å²) in [6.45, 7) is -0.202. The lowest BCUT2D eigenvalue weighted by molar-refractivity contribution is -0.145. The van der Waals surface area contributed by atoms with Crippen LogP contribution in [-0.2, 0) is 19.6 Å². The molecule has 0 heterocycles. The highest BCUT2D eigenvalue weighted by molar-refractivity contribution is 7.85. The number of alkyl halides is 1. The van der Waals surface area contributed by atoms with E-state index in [0.717, 1.165) is 38.5 Å². The number of carbonyl (C=O) groups is 1. The Morgan fingerprint density at radius 1 is 1.38 bits per heavy atom. The van der Waals surface area contributed by atoms with Crippen molar-refractivity contribution >= 4 is 16.1 Å². The van der Waals surface area contributed by atoms with Crippen LogP contribution in [0, 0.1) is 11.8 Å². The minimum atomic E-state index is -4.35. The molecule has 0 aliphatic heterocycles. The summed E-state index contributed by atoms with van der Waals surface area (Å²) in [7, 11) is -4.35. The molecular formula is C16H27FO6S. The van der Waals surface area contributed by atoms with Crippen molar-refractivity contribution in [2.24, 2.45) is 11.8 Å². The van der Waals surface area contributed by atoms with E-state index < -0.39 is 33.6 Å². The molecular weight excluding hydrogens is 339 g/mol. The highest BCUT2D eigenvalue weighted by Gasteiger charge is 2.41. The molecule has 0 aromatic carbocycles. The maximum atomic E-state index is 13.2. The van der Waals surface area contributed by atoms with Gasteiger partial charge in [-0.05, 0) is 43.9 Å². The molecule has 4 atom stereocenters. The lowest BCUT2D eigenvalue weighted by Crippen LogP contribution is -2.42. The van der Waals surface area contributed by atoms with Crippen LogP contribution in [0.15, 0.2) is 0 Å². The van der Waals surface area contributed by atoms with Crippen LogP contribution in [0.25, 0.3) is 0 Å². The second-order valence-corrected chi connectivity index (χ2v) is 8.88. The number of ether oxygens (including phenoxy) is 1. The summed E-state index contributed by atoms with van der Waals surface area (Å²) in [5.41, 5.74) is -0.563. The van der Waals surface area contributed by atoms with Crippen molar-refractivity contribution in [3.05, 3.63) is 0 Å². The standard InChI is InChI=1S/C16H27FO6S/c17-14(11-24(20,21)22)5-7-23-15(18)4-3-13-8-12-2-1-6-16(19,9-12)10-13/h12-14,19H,1-11H2,(H,20,21,22). The van der Waals surface area contributed by atoms with E-state index in [9.17, 15) is 22.7 Å². The van der Waals surface area contributed by atoms with E-state index in [1.165, 1.54) is 0 Å². The lowest BCUT2D eigenvalue weighted by atomic mass is 9.64. The number of rotatable bonds is 8. The SMILES string of the molecule is O=C(CCC1CC2CCCC(O)(C2)C1)OCCC(F)CS(=O)(=O)O. The number of carbonyl (C=O) groups excluding carboxylic acids is 1. The summed E-state index contributed by atoms with van der Waals surface area (Å²) < 4.78 is 47.7. The molecule has 140 valence electrons. The molecule has 0 radical (unpaired) electrons. The van der Waals surface area contributed by atoms with Gasteiger partial charge in [0.15, 0.2) is 0 Å². The number of fused-ring (bicyclic) bond motifs is 2. The molecule has 2 saturated carbocycles. The first-order chi connectivity index (χ1) is 11.2. The molecule has 0 aromatic heterocycles. The predicted molar refractivity (Wildman–Crippen MR) is 85.8 cm³/mol. The molecule has 0 spiro atoms. The van der Waals surface area contributed by atoms with E-state index in [1.54, 1.807) is 0 Å². The zero-order chi connectivity index (χ0) is 17.8. The van der Waals surface area contributed by atoms with Gasteiger partial charge in [0.1, 0.15) is 11.9 Å². The van der Waals surface area contributed by atoms with Gasteiger partial charge >= 0.3 is 5.97 Å². The maximum Gasteiger partial charge on any atom is 0.305 e. The topological polar surface area (TPSA) is 101 Å². The largest absolute Gasteiger partial charge is 0.466 e. The summed E-state index contributed by atoms with van der Waals surface area (Å²) in [5, 5.41) is 10.5. The molecule has 8 heteroatoms. The minimum Gasteiger partial charge on any atom is -0.466 e. The van der Waals surface area contributed by atoms with Crippen LogP contribution in [0.2, 0.25) is 0 Å². The average Bonchev–Trinajstić information content (AvgIpc) is 2.42. The fourth-order valence-corrected chi connectivity index (χ4v) is 4.79. The van der Waals surface area contributed by atoms with Crippen LogP contribution in [0.3, 0.4) is 0 Å². The minimum absolute atomic E-state index is 0.202. The van der Waals surface area contributed by atoms with Crippen molar-refractivity contribution in [3.8, 4) is 0 Å². The third-order valence-corrected chi connectivity index (χ3v) is 5.88. The van der Waals surface area contributed by atoms with Gasteiger partial charge in [-0.15, -0.1) is 0 Å². The van der Waals surface area contributed by atoms with Crippen LogP contribution in [0.4, 0.5) is 4.39 Å². The van der Waals surface area contributed by atoms with Gasteiger partial charge in [0.2, 0.25) is 0 Å². The molecule has 0 saturated heterocycles. The van der Waals surface area contributed by atoms with Crippen LogP contribution >= 0.6 is 0 Å². The second-order valence-electron chi connectivity index (χ2n) is 7.39. The fraction of sp³-hybridized carbons (Fsp3) is 0.938. The van der Waals surface area contributed by atoms with E-state index >= 15 is 0 Å². The normalized spacial score (nSPS) is 31.5. The third kappa shape index (κ3) is 6.64. The summed E-state index contributed by atoms with van der Waals surface area (Å²) >= 11 is 0. The van der Waals surface area contributed by atoms with Crippen LogP contribution in [-0.4, -0.2) is 48.2 Å². The molecule has 2 bridgehead atoms. The first-order valence-electron chi connectivity index (χ1n) is 8.62. The smallest absolute Gasteiger partial charge is 0.305 e. The Balaban J connectivity index is 1.63. The Bertz CT molecular complexity index is 537. The number of halogens is 1. The molecule has 2 N–H and O–H groups in total. The lowest BCUT2D eigenvalue weighted by Gasteiger charge is -2.45. The van der Waals surface area contributed by atoms with Gasteiger partial charge in [0.25, 0.3) is 10.1 Å². The summed E-state index contributed by atoms with van der Waals surface area (Å²) in [5.74, 6) is -0.551. The van der Waals surface area contributed by atoms with Gasteiger partial charge in [-0.25, -0.2) is 4.39 Å². The van der Waals surface area contributed by atoms with Crippen LogP contribution < -0.4 is 0 Å². The Hall–Kier alpha value is -0.730. The Labute approximate surface area is 142 Å². The molecule has 2 aliphatic rings. The van der Waals surface area contributed by atoms with Crippen LogP contribution in [0.1, 0.15) is 57.8 Å². The molecule has 0 aromatic rings. The fourth-order valence-electron chi connectivity index (χ4n) is 4.17. The first kappa shape index (κ1) is 19.6. The summed E-state index contributed by atoms with van der Waals surface area (Å²) in [4.78, 5) is 11.7.